The Morgan fingerprint density at radius 2 is 1.62 bits per heavy atom. The number of fused-ring (bicyclic) bond motifs is 1. The first-order valence-electron chi connectivity index (χ1n) is 12.2. The van der Waals surface area contributed by atoms with E-state index in [1.165, 1.54) is 51.4 Å². The number of hydrogen-bond donors (Lipinski definition) is 2. The van der Waals surface area contributed by atoms with Crippen LogP contribution in [-0.2, 0) is 98.1 Å². The molecule has 3 aliphatic rings. The Balaban J connectivity index is 0.00000320. The van der Waals surface area contributed by atoms with Crippen LogP contribution < -0.4 is 0 Å². The van der Waals surface area contributed by atoms with Gasteiger partial charge in [-0.05, 0) is 79.6 Å². The summed E-state index contributed by atoms with van der Waals surface area (Å²) in [4.78, 5) is 0. The van der Waals surface area contributed by atoms with Crippen LogP contribution in [0.1, 0.15) is 91.9 Å². The van der Waals surface area contributed by atoms with Crippen molar-refractivity contribution in [2.75, 3.05) is 0 Å². The number of aliphatic hydroxyl groups excluding tert-OH is 2. The van der Waals surface area contributed by atoms with Gasteiger partial charge in [-0.15, -0.1) is 0 Å². The molecule has 0 bridgehead atoms. The van der Waals surface area contributed by atoms with E-state index in [0.29, 0.717) is 23.8 Å². The molecule has 0 aliphatic heterocycles. The summed E-state index contributed by atoms with van der Waals surface area (Å²) < 4.78 is 0. The quantitative estimate of drug-likeness (QED) is 0.315. The standard InChI is InChI=1S/C27H44O2.3Y/c1-18(2)8-6-9-19(3)23-13-14-24-22(10-7-15-27(23,24)5)12-11-21-16-25(28)20(4)26(29)17-21;;;/h11-12,18-19,23-26,28-29H,4,6-10,13-17H2,1-3,5H3;;;/b22-12+;;;/t19-,23?,24-,25+,26+,27+;;;/m0.../s1. The van der Waals surface area contributed by atoms with Crippen LogP contribution in [0.3, 0.4) is 0 Å². The predicted octanol–water partition coefficient (Wildman–Crippen LogP) is 6.58. The fourth-order valence-corrected chi connectivity index (χ4v) is 6.69. The maximum atomic E-state index is 10.1. The molecule has 2 N–H and O–H groups in total. The Morgan fingerprint density at radius 3 is 2.22 bits per heavy atom. The molecule has 5 heteroatoms. The molecule has 0 aromatic rings. The fourth-order valence-electron chi connectivity index (χ4n) is 6.69. The van der Waals surface area contributed by atoms with Gasteiger partial charge < -0.3 is 10.2 Å². The molecule has 3 radical (unpaired) electrons. The SMILES string of the molecule is C=C1[C@H](O)CC(=C/C=C2\CCC[C@]3(C)C([C@@H](C)CCCC(C)C)CC[C@@H]23)C[C@H]1O.[Y].[Y].[Y]. The van der Waals surface area contributed by atoms with Crippen molar-refractivity contribution in [2.45, 2.75) is 104 Å². The first-order valence-corrected chi connectivity index (χ1v) is 12.2. The zero-order chi connectivity index (χ0) is 21.2. The van der Waals surface area contributed by atoms with Crippen LogP contribution in [0.5, 0.6) is 0 Å². The van der Waals surface area contributed by atoms with Crippen molar-refractivity contribution in [1.82, 2.24) is 0 Å². The molecule has 173 valence electrons. The summed E-state index contributed by atoms with van der Waals surface area (Å²) in [6.45, 7) is 13.6. The number of allylic oxidation sites excluding steroid dienone is 3. The summed E-state index contributed by atoms with van der Waals surface area (Å²) in [6.07, 6.45) is 15.4. The van der Waals surface area contributed by atoms with E-state index >= 15 is 0 Å². The second-order valence-corrected chi connectivity index (χ2v) is 11.0. The normalized spacial score (nSPS) is 34.3. The minimum absolute atomic E-state index is 0. The fraction of sp³-hybridized carbons (Fsp3) is 0.778. The summed E-state index contributed by atoms with van der Waals surface area (Å²) >= 11 is 0. The zero-order valence-electron chi connectivity index (χ0n) is 21.0. The van der Waals surface area contributed by atoms with Crippen molar-refractivity contribution in [3.8, 4) is 0 Å². The summed E-state index contributed by atoms with van der Waals surface area (Å²) in [7, 11) is 0. The van der Waals surface area contributed by atoms with E-state index in [1.807, 2.05) is 0 Å². The Hall–Kier alpha value is 2.45. The van der Waals surface area contributed by atoms with Crippen LogP contribution in [0.4, 0.5) is 0 Å². The molecule has 0 aromatic heterocycles. The monoisotopic (exact) mass is 667 g/mol. The largest absolute Gasteiger partial charge is 0.388 e. The molecule has 1 unspecified atom stereocenters. The molecule has 3 fully saturated rings. The van der Waals surface area contributed by atoms with Crippen LogP contribution in [0.2, 0.25) is 0 Å². The summed E-state index contributed by atoms with van der Waals surface area (Å²) in [5.41, 5.74) is 3.81. The van der Waals surface area contributed by atoms with Gasteiger partial charge in [0, 0.05) is 98.1 Å². The van der Waals surface area contributed by atoms with Crippen molar-refractivity contribution in [3.63, 3.8) is 0 Å². The maximum absolute atomic E-state index is 10.1. The number of rotatable bonds is 6. The van der Waals surface area contributed by atoms with E-state index in [2.05, 4.69) is 46.4 Å². The molecule has 32 heavy (non-hydrogen) atoms. The van der Waals surface area contributed by atoms with Gasteiger partial charge in [0.05, 0.1) is 12.2 Å². The third kappa shape index (κ3) is 8.50. The van der Waals surface area contributed by atoms with Gasteiger partial charge in [-0.3, -0.25) is 0 Å². The van der Waals surface area contributed by atoms with Crippen LogP contribution in [-0.4, -0.2) is 22.4 Å². The van der Waals surface area contributed by atoms with Crippen molar-refractivity contribution < 1.29 is 108 Å². The van der Waals surface area contributed by atoms with Gasteiger partial charge in [-0.25, -0.2) is 0 Å². The molecule has 0 spiro atoms. The number of aliphatic hydroxyl groups is 2. The molecule has 0 amide bonds. The van der Waals surface area contributed by atoms with E-state index in [-0.39, 0.29) is 98.1 Å². The van der Waals surface area contributed by atoms with Crippen LogP contribution >= 0.6 is 0 Å². The second kappa shape index (κ2) is 15.6. The van der Waals surface area contributed by atoms with E-state index in [1.54, 1.807) is 5.57 Å². The zero-order valence-corrected chi connectivity index (χ0v) is 29.5. The molecular formula is C27H44O2Y3. The van der Waals surface area contributed by atoms with Crippen molar-refractivity contribution in [1.29, 1.82) is 0 Å². The molecule has 3 rings (SSSR count). The predicted molar refractivity (Wildman–Crippen MR) is 123 cm³/mol. The van der Waals surface area contributed by atoms with Crippen molar-refractivity contribution in [2.24, 2.45) is 29.1 Å². The van der Waals surface area contributed by atoms with Gasteiger partial charge in [0.15, 0.2) is 0 Å². The Labute approximate surface area is 273 Å². The summed E-state index contributed by atoms with van der Waals surface area (Å²) in [6, 6.07) is 0. The average Bonchev–Trinajstić information content (AvgIpc) is 3.01. The van der Waals surface area contributed by atoms with Gasteiger partial charge in [-0.2, -0.15) is 0 Å². The maximum Gasteiger partial charge on any atom is 0.0809 e. The first kappa shape index (κ1) is 34.5. The molecule has 3 aliphatic carbocycles. The van der Waals surface area contributed by atoms with Crippen molar-refractivity contribution >= 4 is 0 Å². The van der Waals surface area contributed by atoms with Gasteiger partial charge in [0.25, 0.3) is 0 Å². The van der Waals surface area contributed by atoms with Crippen LogP contribution in [0, 0.1) is 29.1 Å². The van der Waals surface area contributed by atoms with E-state index in [4.69, 9.17) is 0 Å². The molecule has 2 nitrogen and oxygen atoms in total. The van der Waals surface area contributed by atoms with E-state index < -0.39 is 12.2 Å². The molecule has 0 saturated heterocycles. The third-order valence-electron chi connectivity index (χ3n) is 8.47. The smallest absolute Gasteiger partial charge is 0.0809 e. The van der Waals surface area contributed by atoms with Gasteiger partial charge in [0.1, 0.15) is 0 Å². The second-order valence-electron chi connectivity index (χ2n) is 11.0. The van der Waals surface area contributed by atoms with Gasteiger partial charge in [-0.1, -0.05) is 76.8 Å². The Bertz CT molecular complexity index is 641. The summed E-state index contributed by atoms with van der Waals surface area (Å²) in [5.74, 6) is 3.23. The number of hydrogen-bond acceptors (Lipinski definition) is 2. The molecule has 0 aromatic carbocycles. The first-order chi connectivity index (χ1) is 13.7. The minimum atomic E-state index is -0.595. The van der Waals surface area contributed by atoms with E-state index in [9.17, 15) is 10.2 Å². The van der Waals surface area contributed by atoms with E-state index in [0.717, 1.165) is 29.2 Å². The van der Waals surface area contributed by atoms with Gasteiger partial charge in [0.2, 0.25) is 0 Å². The van der Waals surface area contributed by atoms with Crippen LogP contribution in [0.25, 0.3) is 0 Å². The van der Waals surface area contributed by atoms with Gasteiger partial charge >= 0.3 is 0 Å². The average molecular weight is 667 g/mol. The third-order valence-corrected chi connectivity index (χ3v) is 8.47. The van der Waals surface area contributed by atoms with Crippen molar-refractivity contribution in [3.05, 3.63) is 35.5 Å². The topological polar surface area (TPSA) is 40.5 Å². The molecule has 3 saturated carbocycles. The minimum Gasteiger partial charge on any atom is -0.388 e. The molecule has 0 heterocycles. The molecule has 6 atom stereocenters. The van der Waals surface area contributed by atoms with Crippen LogP contribution in [0.15, 0.2) is 35.5 Å². The Kier molecular flexibility index (Phi) is 16.8. The molecular weight excluding hydrogens is 623 g/mol. The Morgan fingerprint density at radius 1 is 1.00 bits per heavy atom. The summed E-state index contributed by atoms with van der Waals surface area (Å²) in [5, 5.41) is 20.3.